The van der Waals surface area contributed by atoms with Crippen LogP contribution in [0.3, 0.4) is 0 Å². The highest BCUT2D eigenvalue weighted by Crippen LogP contribution is 2.17. The number of aryl methyl sites for hydroxylation is 1. The molecule has 1 aromatic rings. The molecule has 3 nitrogen and oxygen atoms in total. The van der Waals surface area contributed by atoms with Gasteiger partial charge in [-0.2, -0.15) is 0 Å². The molecule has 76 valence electrons. The van der Waals surface area contributed by atoms with Crippen molar-refractivity contribution in [2.45, 2.75) is 26.3 Å². The third-order valence-electron chi connectivity index (χ3n) is 2.05. The Bertz CT molecular complexity index is 320. The molecule has 1 rings (SSSR count). The molecule has 1 atom stereocenters. The second-order valence-electron chi connectivity index (χ2n) is 3.64. The van der Waals surface area contributed by atoms with Crippen molar-refractivity contribution in [2.24, 2.45) is 5.84 Å². The minimum Gasteiger partial charge on any atom is -0.271 e. The third kappa shape index (κ3) is 2.94. The number of hydrogen-bond acceptors (Lipinski definition) is 3. The van der Waals surface area contributed by atoms with E-state index in [0.717, 1.165) is 17.7 Å². The van der Waals surface area contributed by atoms with E-state index in [0.29, 0.717) is 0 Å². The van der Waals surface area contributed by atoms with E-state index in [2.05, 4.69) is 17.0 Å². The summed E-state index contributed by atoms with van der Waals surface area (Å²) in [4.78, 5) is 4.28. The first-order valence-corrected chi connectivity index (χ1v) is 4.66. The molecule has 0 saturated heterocycles. The Morgan fingerprint density at radius 3 is 2.93 bits per heavy atom. The molecule has 0 bridgehead atoms. The highest BCUT2D eigenvalue weighted by Gasteiger charge is 2.10. The largest absolute Gasteiger partial charge is 0.271 e. The van der Waals surface area contributed by atoms with Crippen LogP contribution >= 0.6 is 0 Å². The molecule has 0 aliphatic heterocycles. The van der Waals surface area contributed by atoms with Gasteiger partial charge in [0.05, 0.1) is 11.7 Å². The lowest BCUT2D eigenvalue weighted by atomic mass is 10.0. The molecule has 1 aromatic heterocycles. The van der Waals surface area contributed by atoms with Crippen LogP contribution in [-0.4, -0.2) is 4.98 Å². The van der Waals surface area contributed by atoms with Crippen molar-refractivity contribution < 1.29 is 0 Å². The van der Waals surface area contributed by atoms with Crippen LogP contribution in [0, 0.1) is 6.92 Å². The van der Waals surface area contributed by atoms with Crippen molar-refractivity contribution in [2.75, 3.05) is 0 Å². The van der Waals surface area contributed by atoms with Gasteiger partial charge in [0.2, 0.25) is 0 Å². The second-order valence-corrected chi connectivity index (χ2v) is 3.64. The maximum atomic E-state index is 5.47. The molecule has 1 heterocycles. The first-order chi connectivity index (χ1) is 6.63. The number of nitrogens with one attached hydrogen (secondary N) is 1. The molecular formula is C11H17N3. The van der Waals surface area contributed by atoms with E-state index in [1.165, 1.54) is 5.56 Å². The van der Waals surface area contributed by atoms with Gasteiger partial charge in [-0.25, -0.2) is 0 Å². The van der Waals surface area contributed by atoms with Crippen molar-refractivity contribution in [1.82, 2.24) is 10.4 Å². The molecule has 3 heteroatoms. The van der Waals surface area contributed by atoms with Crippen molar-refractivity contribution in [3.8, 4) is 0 Å². The average molecular weight is 191 g/mol. The summed E-state index contributed by atoms with van der Waals surface area (Å²) < 4.78 is 0. The number of hydrogen-bond donors (Lipinski definition) is 2. The van der Waals surface area contributed by atoms with Gasteiger partial charge in [0.1, 0.15) is 0 Å². The Morgan fingerprint density at radius 1 is 1.71 bits per heavy atom. The zero-order valence-corrected chi connectivity index (χ0v) is 8.75. The number of hydrazine groups is 1. The monoisotopic (exact) mass is 191 g/mol. The van der Waals surface area contributed by atoms with Crippen molar-refractivity contribution in [3.05, 3.63) is 41.7 Å². The average Bonchev–Trinajstić information content (AvgIpc) is 2.14. The molecule has 0 amide bonds. The van der Waals surface area contributed by atoms with Crippen LogP contribution < -0.4 is 11.3 Å². The van der Waals surface area contributed by atoms with Gasteiger partial charge < -0.3 is 0 Å². The van der Waals surface area contributed by atoms with Gasteiger partial charge in [-0.1, -0.05) is 5.57 Å². The normalized spacial score (nSPS) is 12.5. The van der Waals surface area contributed by atoms with Crippen LogP contribution in [-0.2, 0) is 0 Å². The Kier molecular flexibility index (Phi) is 3.80. The highest BCUT2D eigenvalue weighted by molar-refractivity contribution is 5.18. The van der Waals surface area contributed by atoms with Crippen molar-refractivity contribution in [3.63, 3.8) is 0 Å². The summed E-state index contributed by atoms with van der Waals surface area (Å²) in [5.74, 6) is 5.47. The molecular weight excluding hydrogens is 174 g/mol. The lowest BCUT2D eigenvalue weighted by Crippen LogP contribution is -2.28. The van der Waals surface area contributed by atoms with Gasteiger partial charge in [-0.3, -0.25) is 16.3 Å². The minimum atomic E-state index is 0.0624. The van der Waals surface area contributed by atoms with Gasteiger partial charge in [0, 0.05) is 6.20 Å². The molecule has 0 aromatic carbocycles. The van der Waals surface area contributed by atoms with Gasteiger partial charge in [-0.15, -0.1) is 6.58 Å². The molecule has 1 unspecified atom stereocenters. The fraction of sp³-hybridized carbons (Fsp3) is 0.364. The lowest BCUT2D eigenvalue weighted by Gasteiger charge is -2.15. The van der Waals surface area contributed by atoms with Crippen LogP contribution in [0.2, 0.25) is 0 Å². The summed E-state index contributed by atoms with van der Waals surface area (Å²) in [6.45, 7) is 7.89. The Balaban J connectivity index is 2.83. The summed E-state index contributed by atoms with van der Waals surface area (Å²) in [5, 5.41) is 0. The number of aromatic nitrogens is 1. The summed E-state index contributed by atoms with van der Waals surface area (Å²) in [7, 11) is 0. The number of rotatable bonds is 4. The van der Waals surface area contributed by atoms with Gasteiger partial charge in [0.15, 0.2) is 0 Å². The number of nitrogens with two attached hydrogens (primary N) is 1. The van der Waals surface area contributed by atoms with Crippen LogP contribution in [0.25, 0.3) is 0 Å². The minimum absolute atomic E-state index is 0.0624. The van der Waals surface area contributed by atoms with Crippen LogP contribution in [0.1, 0.15) is 30.6 Å². The van der Waals surface area contributed by atoms with E-state index < -0.39 is 0 Å². The molecule has 0 spiro atoms. The smallest absolute Gasteiger partial charge is 0.0669 e. The highest BCUT2D eigenvalue weighted by atomic mass is 15.2. The first kappa shape index (κ1) is 10.9. The Labute approximate surface area is 85.0 Å². The fourth-order valence-corrected chi connectivity index (χ4v) is 1.35. The van der Waals surface area contributed by atoms with E-state index >= 15 is 0 Å². The molecule has 14 heavy (non-hydrogen) atoms. The van der Waals surface area contributed by atoms with Crippen LogP contribution in [0.4, 0.5) is 0 Å². The predicted octanol–water partition coefficient (Wildman–Crippen LogP) is 1.86. The van der Waals surface area contributed by atoms with Gasteiger partial charge in [0.25, 0.3) is 0 Å². The number of nitrogens with zero attached hydrogens (tertiary/aromatic N) is 1. The molecule has 0 aliphatic rings. The van der Waals surface area contributed by atoms with Gasteiger partial charge >= 0.3 is 0 Å². The van der Waals surface area contributed by atoms with Crippen LogP contribution in [0.15, 0.2) is 30.5 Å². The van der Waals surface area contributed by atoms with E-state index in [9.17, 15) is 0 Å². The summed E-state index contributed by atoms with van der Waals surface area (Å²) in [6, 6.07) is 4.07. The second kappa shape index (κ2) is 4.88. The summed E-state index contributed by atoms with van der Waals surface area (Å²) >= 11 is 0. The van der Waals surface area contributed by atoms with Crippen LogP contribution in [0.5, 0.6) is 0 Å². The Hall–Kier alpha value is -1.19. The standard InChI is InChI=1S/C11H17N3/c1-8(2)6-11(14-12)10-7-9(3)4-5-13-10/h4-5,7,11,14H,1,6,12H2,2-3H3. The van der Waals surface area contributed by atoms with E-state index in [1.54, 1.807) is 6.20 Å². The molecule has 0 aliphatic carbocycles. The maximum Gasteiger partial charge on any atom is 0.0669 e. The summed E-state index contributed by atoms with van der Waals surface area (Å²) in [5.41, 5.74) is 6.01. The third-order valence-corrected chi connectivity index (χ3v) is 2.05. The van der Waals surface area contributed by atoms with Crippen molar-refractivity contribution >= 4 is 0 Å². The molecule has 0 saturated carbocycles. The molecule has 0 fully saturated rings. The Morgan fingerprint density at radius 2 is 2.43 bits per heavy atom. The van der Waals surface area contributed by atoms with E-state index in [1.807, 2.05) is 26.0 Å². The summed E-state index contributed by atoms with van der Waals surface area (Å²) in [6.07, 6.45) is 2.61. The zero-order chi connectivity index (χ0) is 10.6. The van der Waals surface area contributed by atoms with Crippen molar-refractivity contribution in [1.29, 1.82) is 0 Å². The SMILES string of the molecule is C=C(C)CC(NN)c1cc(C)ccn1. The van der Waals surface area contributed by atoms with E-state index in [-0.39, 0.29) is 6.04 Å². The van der Waals surface area contributed by atoms with Gasteiger partial charge in [-0.05, 0) is 38.0 Å². The topological polar surface area (TPSA) is 50.9 Å². The fourth-order valence-electron chi connectivity index (χ4n) is 1.35. The number of pyridine rings is 1. The lowest BCUT2D eigenvalue weighted by molar-refractivity contribution is 0.536. The first-order valence-electron chi connectivity index (χ1n) is 4.66. The quantitative estimate of drug-likeness (QED) is 0.434. The maximum absolute atomic E-state index is 5.47. The predicted molar refractivity (Wildman–Crippen MR) is 58.5 cm³/mol. The van der Waals surface area contributed by atoms with E-state index in [4.69, 9.17) is 5.84 Å². The molecule has 0 radical (unpaired) electrons. The zero-order valence-electron chi connectivity index (χ0n) is 8.75. The molecule has 3 N–H and O–H groups in total.